The van der Waals surface area contributed by atoms with Crippen LogP contribution in [0.3, 0.4) is 0 Å². The van der Waals surface area contributed by atoms with E-state index in [2.05, 4.69) is 25.4 Å². The summed E-state index contributed by atoms with van der Waals surface area (Å²) in [5.74, 6) is -2.15. The van der Waals surface area contributed by atoms with E-state index in [9.17, 15) is 22.0 Å². The van der Waals surface area contributed by atoms with Crippen molar-refractivity contribution in [1.82, 2.24) is 0 Å². The van der Waals surface area contributed by atoms with Crippen LogP contribution in [0, 0.1) is 11.6 Å². The van der Waals surface area contributed by atoms with Gasteiger partial charge >= 0.3 is 6.16 Å². The van der Waals surface area contributed by atoms with Crippen LogP contribution in [0.2, 0.25) is 0 Å². The van der Waals surface area contributed by atoms with Crippen molar-refractivity contribution in [2.24, 2.45) is 0 Å². The van der Waals surface area contributed by atoms with E-state index in [1.807, 2.05) is 0 Å². The molecule has 0 bridgehead atoms. The summed E-state index contributed by atoms with van der Waals surface area (Å²) in [6.07, 6.45) is -1.65. The van der Waals surface area contributed by atoms with Crippen molar-refractivity contribution in [2.75, 3.05) is 4.72 Å². The molecule has 0 spiro atoms. The Kier molecular flexibility index (Phi) is 5.68. The molecule has 0 radical (unpaired) electrons. The van der Waals surface area contributed by atoms with Crippen LogP contribution in [0.1, 0.15) is 0 Å². The highest BCUT2D eigenvalue weighted by atomic mass is 79.9. The number of anilines is 1. The van der Waals surface area contributed by atoms with E-state index >= 15 is 0 Å². The van der Waals surface area contributed by atoms with Gasteiger partial charge in [0.05, 0.1) is 4.47 Å². The monoisotopic (exact) mass is 489 g/mol. The Bertz CT molecular complexity index is 1150. The third-order valence-corrected chi connectivity index (χ3v) is 6.50. The van der Waals surface area contributed by atoms with Gasteiger partial charge in [-0.15, -0.1) is 0 Å². The first-order chi connectivity index (χ1) is 13.2. The van der Waals surface area contributed by atoms with Crippen LogP contribution >= 0.6 is 27.3 Å². The number of thiophene rings is 1. The lowest BCUT2D eigenvalue weighted by atomic mass is 10.2. The molecule has 0 atom stereocenters. The first kappa shape index (κ1) is 20.2. The molecule has 0 aliphatic heterocycles. The van der Waals surface area contributed by atoms with Crippen molar-refractivity contribution in [3.63, 3.8) is 0 Å². The fourth-order valence-corrected chi connectivity index (χ4v) is 4.72. The van der Waals surface area contributed by atoms with Gasteiger partial charge in [0.1, 0.15) is 22.2 Å². The minimum absolute atomic E-state index is 0.214. The van der Waals surface area contributed by atoms with Crippen molar-refractivity contribution in [1.29, 1.82) is 0 Å². The largest absolute Gasteiger partial charge is 0.512 e. The summed E-state index contributed by atoms with van der Waals surface area (Å²) in [4.78, 5) is 10.5. The van der Waals surface area contributed by atoms with Gasteiger partial charge in [-0.25, -0.2) is 22.0 Å². The summed E-state index contributed by atoms with van der Waals surface area (Å²) in [7, 11) is -4.56. The number of halogens is 3. The van der Waals surface area contributed by atoms with Crippen molar-refractivity contribution in [2.45, 2.75) is 4.90 Å². The van der Waals surface area contributed by atoms with Crippen molar-refractivity contribution < 1.29 is 31.8 Å². The molecular formula is C17H10BrF2NO5S2. The van der Waals surface area contributed by atoms with E-state index in [1.54, 1.807) is 30.3 Å². The average Bonchev–Trinajstić information content (AvgIpc) is 3.00. The molecule has 1 heterocycles. The van der Waals surface area contributed by atoms with Crippen LogP contribution in [-0.4, -0.2) is 19.7 Å². The average molecular weight is 490 g/mol. The first-order valence-electron chi connectivity index (χ1n) is 7.45. The summed E-state index contributed by atoms with van der Waals surface area (Å²) < 4.78 is 59.3. The molecule has 2 N–H and O–H groups in total. The first-order valence-corrected chi connectivity index (χ1v) is 10.5. The Balaban J connectivity index is 2.04. The number of carbonyl (C=O) groups is 1. The minimum atomic E-state index is -4.56. The molecule has 2 aromatic carbocycles. The van der Waals surface area contributed by atoms with E-state index in [0.717, 1.165) is 11.3 Å². The maximum atomic E-state index is 14.1. The zero-order valence-corrected chi connectivity index (χ0v) is 16.9. The van der Waals surface area contributed by atoms with Crippen molar-refractivity contribution >= 4 is 49.1 Å². The van der Waals surface area contributed by atoms with Gasteiger partial charge in [-0.1, -0.05) is 41.7 Å². The molecule has 6 nitrogen and oxygen atoms in total. The van der Waals surface area contributed by atoms with Gasteiger partial charge in [-0.05, 0) is 39.7 Å². The minimum Gasteiger partial charge on any atom is -0.449 e. The number of benzene rings is 2. The molecule has 0 aliphatic rings. The Hall–Kier alpha value is -2.50. The Morgan fingerprint density at radius 2 is 1.79 bits per heavy atom. The molecule has 11 heteroatoms. The summed E-state index contributed by atoms with van der Waals surface area (Å²) in [5.41, 5.74) is 0.475. The number of nitrogens with one attached hydrogen (secondary N) is 1. The number of hydrogen-bond acceptors (Lipinski definition) is 5. The third-order valence-electron chi connectivity index (χ3n) is 3.44. The lowest BCUT2D eigenvalue weighted by molar-refractivity contribution is 0.146. The molecule has 146 valence electrons. The molecule has 0 fully saturated rings. The highest BCUT2D eigenvalue weighted by Gasteiger charge is 2.25. The number of carboxylic acid groups (broad SMARTS) is 1. The normalized spacial score (nSPS) is 11.2. The maximum Gasteiger partial charge on any atom is 0.512 e. The second kappa shape index (κ2) is 7.86. The highest BCUT2D eigenvalue weighted by molar-refractivity contribution is 9.10. The predicted molar refractivity (Wildman–Crippen MR) is 103 cm³/mol. The fourth-order valence-electron chi connectivity index (χ4n) is 2.26. The Morgan fingerprint density at radius 3 is 2.43 bits per heavy atom. The topological polar surface area (TPSA) is 92.7 Å². The van der Waals surface area contributed by atoms with Gasteiger partial charge < -0.3 is 9.84 Å². The molecule has 3 rings (SSSR count). The third kappa shape index (κ3) is 4.32. The number of hydrogen-bond donors (Lipinski definition) is 2. The zero-order valence-electron chi connectivity index (χ0n) is 13.6. The second-order valence-electron chi connectivity index (χ2n) is 5.35. The molecule has 28 heavy (non-hydrogen) atoms. The standard InChI is InChI=1S/C17H10BrF2NO5S2/c18-10-6-12(20)15(7-11(10)19)28(24,25)21-13-8-14(9-4-2-1-3-5-9)27-16(13)26-17(22)23/h1-8,21H,(H,22,23). The van der Waals surface area contributed by atoms with Crippen LogP contribution in [0.4, 0.5) is 19.3 Å². The van der Waals surface area contributed by atoms with Crippen LogP contribution < -0.4 is 9.46 Å². The van der Waals surface area contributed by atoms with Gasteiger partial charge in [0.25, 0.3) is 10.0 Å². The SMILES string of the molecule is O=C(O)Oc1sc(-c2ccccc2)cc1NS(=O)(=O)c1cc(F)c(Br)cc1F. The summed E-state index contributed by atoms with van der Waals surface area (Å²) >= 11 is 3.65. The summed E-state index contributed by atoms with van der Waals surface area (Å²) in [6.45, 7) is 0. The van der Waals surface area contributed by atoms with Gasteiger partial charge in [-0.2, -0.15) is 0 Å². The number of sulfonamides is 1. The van der Waals surface area contributed by atoms with Crippen LogP contribution in [0.15, 0.2) is 57.9 Å². The molecule has 0 aliphatic carbocycles. The van der Waals surface area contributed by atoms with E-state index < -0.39 is 32.7 Å². The van der Waals surface area contributed by atoms with Gasteiger partial charge in [0.2, 0.25) is 5.06 Å². The van der Waals surface area contributed by atoms with E-state index in [-0.39, 0.29) is 15.2 Å². The van der Waals surface area contributed by atoms with Crippen LogP contribution in [0.25, 0.3) is 10.4 Å². The highest BCUT2D eigenvalue weighted by Crippen LogP contribution is 2.42. The van der Waals surface area contributed by atoms with E-state index in [1.165, 1.54) is 6.07 Å². The predicted octanol–water partition coefficient (Wildman–Crippen LogP) is 5.31. The Morgan fingerprint density at radius 1 is 1.11 bits per heavy atom. The van der Waals surface area contributed by atoms with E-state index in [4.69, 9.17) is 5.11 Å². The Labute approximate surface area is 170 Å². The summed E-state index contributed by atoms with van der Waals surface area (Å²) in [6, 6.07) is 11.3. The maximum absolute atomic E-state index is 14.1. The smallest absolute Gasteiger partial charge is 0.449 e. The molecule has 0 saturated heterocycles. The number of rotatable bonds is 5. The molecule has 1 aromatic heterocycles. The summed E-state index contributed by atoms with van der Waals surface area (Å²) in [5, 5.41) is 8.63. The molecule has 0 amide bonds. The van der Waals surface area contributed by atoms with Crippen LogP contribution in [0.5, 0.6) is 5.06 Å². The quantitative estimate of drug-likeness (QED) is 0.374. The second-order valence-corrected chi connectivity index (χ2v) is 8.87. The molecular weight excluding hydrogens is 480 g/mol. The van der Waals surface area contributed by atoms with Gasteiger partial charge in [0.15, 0.2) is 0 Å². The van der Waals surface area contributed by atoms with Crippen molar-refractivity contribution in [3.05, 3.63) is 64.6 Å². The van der Waals surface area contributed by atoms with E-state index in [0.29, 0.717) is 22.6 Å². The fraction of sp³-hybridized carbons (Fsp3) is 0. The van der Waals surface area contributed by atoms with Crippen LogP contribution in [-0.2, 0) is 10.0 Å². The number of ether oxygens (including phenoxy) is 1. The lowest BCUT2D eigenvalue weighted by Crippen LogP contribution is -2.15. The molecule has 0 saturated carbocycles. The molecule has 0 unspecified atom stereocenters. The lowest BCUT2D eigenvalue weighted by Gasteiger charge is -2.09. The van der Waals surface area contributed by atoms with Crippen molar-refractivity contribution in [3.8, 4) is 15.5 Å². The van der Waals surface area contributed by atoms with Gasteiger partial charge in [0, 0.05) is 4.88 Å². The molecule has 3 aromatic rings. The zero-order chi connectivity index (χ0) is 20.5. The van der Waals surface area contributed by atoms with Gasteiger partial charge in [-0.3, -0.25) is 4.72 Å².